The Labute approximate surface area is 184 Å². The highest BCUT2D eigenvalue weighted by Gasteiger charge is 2.39. The minimum absolute atomic E-state index is 0.121. The summed E-state index contributed by atoms with van der Waals surface area (Å²) < 4.78 is 0. The van der Waals surface area contributed by atoms with Gasteiger partial charge in [0.05, 0.1) is 5.69 Å². The predicted octanol–water partition coefficient (Wildman–Crippen LogP) is 4.77. The Hall–Kier alpha value is -1.89. The number of amides is 2. The van der Waals surface area contributed by atoms with Crippen molar-refractivity contribution in [1.29, 1.82) is 0 Å². The third kappa shape index (κ3) is 5.23. The highest BCUT2D eigenvalue weighted by Crippen LogP contribution is 2.40. The quantitative estimate of drug-likeness (QED) is 0.697. The highest BCUT2D eigenvalue weighted by atomic mass is 32.1. The van der Waals surface area contributed by atoms with Crippen LogP contribution in [-0.2, 0) is 15.0 Å². The average molecular weight is 437 g/mol. The molecule has 0 bridgehead atoms. The van der Waals surface area contributed by atoms with E-state index in [2.05, 4.69) is 6.92 Å². The van der Waals surface area contributed by atoms with Crippen molar-refractivity contribution in [2.75, 3.05) is 19.0 Å². The van der Waals surface area contributed by atoms with Gasteiger partial charge in [-0.15, -0.1) is 11.3 Å². The zero-order valence-corrected chi connectivity index (χ0v) is 20.1. The van der Waals surface area contributed by atoms with Crippen LogP contribution in [-0.4, -0.2) is 47.9 Å². The topological polar surface area (TPSA) is 77.9 Å². The molecule has 6 nitrogen and oxygen atoms in total. The number of rotatable bonds is 6. The lowest BCUT2D eigenvalue weighted by atomic mass is 9.82. The van der Waals surface area contributed by atoms with Crippen molar-refractivity contribution in [1.82, 2.24) is 4.90 Å². The smallest absolute Gasteiger partial charge is 0.348 e. The van der Waals surface area contributed by atoms with Crippen LogP contribution in [0.15, 0.2) is 6.07 Å². The molecule has 2 amide bonds. The highest BCUT2D eigenvalue weighted by molar-refractivity contribution is 7.14. The van der Waals surface area contributed by atoms with Crippen LogP contribution >= 0.6 is 11.3 Å². The number of carbonyl (C=O) groups excluding carboxylic acids is 2. The molecule has 1 atom stereocenters. The van der Waals surface area contributed by atoms with Crippen LogP contribution in [0, 0.1) is 11.8 Å². The van der Waals surface area contributed by atoms with Gasteiger partial charge in [0.15, 0.2) is 0 Å². The standard InChI is InChI=1S/C23H36N2O4S/c1-8-16(21(27)24(6)7)25(20(26)15-11-9-14(2)10-12-15)17-13-18(23(3,4)5)30-19(17)22(28)29/h13-16H,8-12H2,1-7H3,(H,28,29)/t14-,15-,16-/m0/s1. The SMILES string of the molecule is CC[C@@H](C(=O)N(C)C)N(c1cc(C(C)(C)C)sc1C(=O)O)C(=O)[C@H]1CC[C@H](C)CC1. The summed E-state index contributed by atoms with van der Waals surface area (Å²) in [5, 5.41) is 9.90. The summed E-state index contributed by atoms with van der Waals surface area (Å²) in [6.45, 7) is 10.1. The van der Waals surface area contributed by atoms with Gasteiger partial charge in [0, 0.05) is 24.9 Å². The van der Waals surface area contributed by atoms with Crippen molar-refractivity contribution in [3.63, 3.8) is 0 Å². The zero-order chi connectivity index (χ0) is 22.8. The molecule has 1 fully saturated rings. The van der Waals surface area contributed by atoms with E-state index in [4.69, 9.17) is 0 Å². The molecule has 1 aliphatic rings. The van der Waals surface area contributed by atoms with Gasteiger partial charge in [-0.05, 0) is 49.5 Å². The first kappa shape index (κ1) is 24.4. The van der Waals surface area contributed by atoms with Gasteiger partial charge < -0.3 is 10.0 Å². The van der Waals surface area contributed by atoms with E-state index in [1.54, 1.807) is 14.1 Å². The van der Waals surface area contributed by atoms with Crippen molar-refractivity contribution in [3.05, 3.63) is 15.8 Å². The molecular formula is C23H36N2O4S. The number of aromatic carboxylic acids is 1. The first-order chi connectivity index (χ1) is 13.9. The van der Waals surface area contributed by atoms with Crippen molar-refractivity contribution < 1.29 is 19.5 Å². The fraction of sp³-hybridized carbons (Fsp3) is 0.696. The van der Waals surface area contributed by atoms with Crippen molar-refractivity contribution in [3.8, 4) is 0 Å². The Kier molecular flexibility index (Phi) is 7.72. The fourth-order valence-corrected chi connectivity index (χ4v) is 5.04. The number of carboxylic acid groups (broad SMARTS) is 1. The third-order valence-electron chi connectivity index (χ3n) is 5.93. The molecule has 168 valence electrons. The maximum Gasteiger partial charge on any atom is 0.348 e. The van der Waals surface area contributed by atoms with Gasteiger partial charge in [-0.2, -0.15) is 0 Å². The molecule has 1 aliphatic carbocycles. The molecular weight excluding hydrogens is 400 g/mol. The summed E-state index contributed by atoms with van der Waals surface area (Å²) in [6, 6.07) is 1.09. The Balaban J connectivity index is 2.61. The maximum atomic E-state index is 13.7. The molecule has 0 radical (unpaired) electrons. The van der Waals surface area contributed by atoms with Crippen LogP contribution in [0.1, 0.15) is 81.3 Å². The Bertz CT molecular complexity index is 786. The third-order valence-corrected chi connectivity index (χ3v) is 7.47. The lowest BCUT2D eigenvalue weighted by Gasteiger charge is -2.36. The zero-order valence-electron chi connectivity index (χ0n) is 19.3. The first-order valence-corrected chi connectivity index (χ1v) is 11.6. The van der Waals surface area contributed by atoms with Crippen LogP contribution in [0.4, 0.5) is 5.69 Å². The normalized spacial score (nSPS) is 20.5. The van der Waals surface area contributed by atoms with Gasteiger partial charge in [-0.25, -0.2) is 4.79 Å². The molecule has 1 aromatic heterocycles. The van der Waals surface area contributed by atoms with E-state index in [1.165, 1.54) is 21.1 Å². The molecule has 0 aliphatic heterocycles. The molecule has 30 heavy (non-hydrogen) atoms. The van der Waals surface area contributed by atoms with Crippen LogP contribution in [0.2, 0.25) is 0 Å². The van der Waals surface area contributed by atoms with Crippen molar-refractivity contribution in [2.45, 2.75) is 78.2 Å². The van der Waals surface area contributed by atoms with Gasteiger partial charge in [0.25, 0.3) is 0 Å². The summed E-state index contributed by atoms with van der Waals surface area (Å²) in [6.07, 6.45) is 3.94. The summed E-state index contributed by atoms with van der Waals surface area (Å²) in [4.78, 5) is 42.8. The average Bonchev–Trinajstić information content (AvgIpc) is 3.11. The number of anilines is 1. The molecule has 0 aromatic carbocycles. The fourth-order valence-electron chi connectivity index (χ4n) is 3.99. The van der Waals surface area contributed by atoms with Crippen LogP contribution in [0.3, 0.4) is 0 Å². The van der Waals surface area contributed by atoms with E-state index in [-0.39, 0.29) is 28.0 Å². The van der Waals surface area contributed by atoms with Crippen LogP contribution in [0.25, 0.3) is 0 Å². The van der Waals surface area contributed by atoms with Crippen molar-refractivity contribution in [2.24, 2.45) is 11.8 Å². The Morgan fingerprint density at radius 1 is 1.17 bits per heavy atom. The van der Waals surface area contributed by atoms with E-state index in [1.807, 2.05) is 33.8 Å². The second-order valence-corrected chi connectivity index (χ2v) is 10.8. The number of carboxylic acids is 1. The number of hydrogen-bond donors (Lipinski definition) is 1. The minimum atomic E-state index is -1.06. The summed E-state index contributed by atoms with van der Waals surface area (Å²) in [5.74, 6) is -0.951. The van der Waals surface area contributed by atoms with Gasteiger partial charge in [-0.3, -0.25) is 14.5 Å². The molecule has 0 saturated heterocycles. The monoisotopic (exact) mass is 436 g/mol. The molecule has 7 heteroatoms. The van der Waals surface area contributed by atoms with Crippen LogP contribution < -0.4 is 4.90 Å². The first-order valence-electron chi connectivity index (χ1n) is 10.8. The van der Waals surface area contributed by atoms with E-state index in [9.17, 15) is 19.5 Å². The van der Waals surface area contributed by atoms with E-state index >= 15 is 0 Å². The largest absolute Gasteiger partial charge is 0.477 e. The minimum Gasteiger partial charge on any atom is -0.477 e. The number of thiophene rings is 1. The summed E-state index contributed by atoms with van der Waals surface area (Å²) in [5.41, 5.74) is 0.109. The van der Waals surface area contributed by atoms with E-state index < -0.39 is 12.0 Å². The molecule has 2 rings (SSSR count). The number of likely N-dealkylation sites (N-methyl/N-ethyl adjacent to an activating group) is 1. The number of hydrogen-bond acceptors (Lipinski definition) is 4. The second-order valence-electron chi connectivity index (χ2n) is 9.70. The Morgan fingerprint density at radius 3 is 2.17 bits per heavy atom. The van der Waals surface area contributed by atoms with Gasteiger partial charge >= 0.3 is 5.97 Å². The van der Waals surface area contributed by atoms with E-state index in [0.717, 1.165) is 30.6 Å². The summed E-state index contributed by atoms with van der Waals surface area (Å²) >= 11 is 1.20. The molecule has 1 saturated carbocycles. The molecule has 0 spiro atoms. The van der Waals surface area contributed by atoms with Crippen molar-refractivity contribution >= 4 is 34.8 Å². The van der Waals surface area contributed by atoms with Crippen LogP contribution in [0.5, 0.6) is 0 Å². The molecule has 1 aromatic rings. The van der Waals surface area contributed by atoms with Gasteiger partial charge in [-0.1, -0.05) is 34.6 Å². The predicted molar refractivity (Wildman–Crippen MR) is 121 cm³/mol. The molecule has 1 heterocycles. The lowest BCUT2D eigenvalue weighted by molar-refractivity contribution is -0.133. The second kappa shape index (κ2) is 9.50. The molecule has 0 unspecified atom stereocenters. The molecule has 1 N–H and O–H groups in total. The van der Waals surface area contributed by atoms with Gasteiger partial charge in [0.1, 0.15) is 10.9 Å². The number of carbonyl (C=O) groups is 3. The number of nitrogens with zero attached hydrogens (tertiary/aromatic N) is 2. The summed E-state index contributed by atoms with van der Waals surface area (Å²) in [7, 11) is 3.34. The maximum absolute atomic E-state index is 13.7. The van der Waals surface area contributed by atoms with Gasteiger partial charge in [0.2, 0.25) is 11.8 Å². The Morgan fingerprint density at radius 2 is 1.73 bits per heavy atom. The van der Waals surface area contributed by atoms with E-state index in [0.29, 0.717) is 18.0 Å². The lowest BCUT2D eigenvalue weighted by Crippen LogP contribution is -2.51.